The molecule has 0 aliphatic heterocycles. The van der Waals surface area contributed by atoms with E-state index in [1.165, 1.54) is 24.3 Å². The van der Waals surface area contributed by atoms with E-state index in [4.69, 9.17) is 20.0 Å². The average Bonchev–Trinajstić information content (AvgIpc) is 3.18. The Morgan fingerprint density at radius 3 is 1.16 bits per heavy atom. The SMILES string of the molecule is CC[C@H](CS(=O)(=O)C(C)c1ccc(C#N)cc1)NC(=O)Oc1ccc(F)cc1.CC[C@H](CS(=O)(=O)[C@@H](C)c1ccc(C#N)cc1)NC(=O)Oc1ccc(F)cc1. The largest absolute Gasteiger partial charge is 0.412 e. The molecule has 0 fully saturated rings. The Kier molecular flexibility index (Phi) is 16.5. The summed E-state index contributed by atoms with van der Waals surface area (Å²) in [4.78, 5) is 24.0. The van der Waals surface area contributed by atoms with Crippen LogP contribution in [-0.2, 0) is 19.7 Å². The van der Waals surface area contributed by atoms with E-state index in [0.717, 1.165) is 24.3 Å². The van der Waals surface area contributed by atoms with Gasteiger partial charge in [0.25, 0.3) is 0 Å². The van der Waals surface area contributed by atoms with E-state index in [0.29, 0.717) is 35.1 Å². The Morgan fingerprint density at radius 1 is 0.589 bits per heavy atom. The van der Waals surface area contributed by atoms with E-state index < -0.39 is 66.1 Å². The van der Waals surface area contributed by atoms with Crippen LogP contribution in [-0.4, -0.2) is 52.6 Å². The molecule has 16 heteroatoms. The van der Waals surface area contributed by atoms with Crippen LogP contribution in [0.2, 0.25) is 0 Å². The Balaban J connectivity index is 0.000000300. The summed E-state index contributed by atoms with van der Waals surface area (Å²) in [7, 11) is -7.14. The number of carbonyl (C=O) groups excluding carboxylic acids is 2. The zero-order valence-electron chi connectivity index (χ0n) is 31.1. The van der Waals surface area contributed by atoms with E-state index in [1.807, 2.05) is 12.1 Å². The lowest BCUT2D eigenvalue weighted by molar-refractivity contribution is 0.195. The van der Waals surface area contributed by atoms with Gasteiger partial charge in [0.05, 0.1) is 45.3 Å². The molecule has 12 nitrogen and oxygen atoms in total. The van der Waals surface area contributed by atoms with E-state index in [1.54, 1.807) is 76.2 Å². The second-order valence-corrected chi connectivity index (χ2v) is 17.3. The van der Waals surface area contributed by atoms with Crippen LogP contribution in [0.3, 0.4) is 0 Å². The molecule has 4 aromatic rings. The first-order valence-corrected chi connectivity index (χ1v) is 20.8. The number of nitrogens with one attached hydrogen (secondary N) is 2. The standard InChI is InChI=1S/2C20H21FN2O4S/c2*1-3-18(23-20(24)27-19-10-8-17(21)9-11-19)13-28(25,26)14(2)16-6-4-15(12-22)5-7-16/h2*4-11,14,18H,3,13H2,1-2H3,(H,23,24)/t14?,18-;14-,18+/m10/s1. The summed E-state index contributed by atoms with van der Waals surface area (Å²) >= 11 is 0. The topological polar surface area (TPSA) is 193 Å². The Morgan fingerprint density at radius 2 is 0.893 bits per heavy atom. The number of rotatable bonds is 14. The number of halogens is 2. The minimum atomic E-state index is -3.57. The van der Waals surface area contributed by atoms with Gasteiger partial charge in [-0.1, -0.05) is 38.1 Å². The summed E-state index contributed by atoms with van der Waals surface area (Å²) in [5, 5.41) is 21.2. The van der Waals surface area contributed by atoms with Crippen LogP contribution in [0.1, 0.15) is 73.3 Å². The third-order valence-corrected chi connectivity index (χ3v) is 13.1. The molecule has 0 radical (unpaired) electrons. The maximum atomic E-state index is 12.9. The van der Waals surface area contributed by atoms with Crippen molar-refractivity contribution in [3.8, 4) is 23.6 Å². The lowest BCUT2D eigenvalue weighted by Gasteiger charge is -2.20. The van der Waals surface area contributed by atoms with Gasteiger partial charge in [-0.2, -0.15) is 10.5 Å². The first kappa shape index (κ1) is 44.6. The molecule has 0 bridgehead atoms. The van der Waals surface area contributed by atoms with Gasteiger partial charge in [-0.15, -0.1) is 0 Å². The Bertz CT molecular complexity index is 2060. The molecule has 0 heterocycles. The molecular formula is C40H42F2N4O8S2. The molecule has 0 aliphatic rings. The van der Waals surface area contributed by atoms with E-state index in [-0.39, 0.29) is 23.0 Å². The minimum Gasteiger partial charge on any atom is -0.410 e. The average molecular weight is 809 g/mol. The van der Waals surface area contributed by atoms with Crippen molar-refractivity contribution in [3.63, 3.8) is 0 Å². The van der Waals surface area contributed by atoms with Crippen LogP contribution in [0.15, 0.2) is 97.1 Å². The third kappa shape index (κ3) is 13.8. The van der Waals surface area contributed by atoms with Crippen molar-refractivity contribution in [1.29, 1.82) is 10.5 Å². The number of carbonyl (C=O) groups is 2. The predicted molar refractivity (Wildman–Crippen MR) is 206 cm³/mol. The molecule has 1 unspecified atom stereocenters. The summed E-state index contributed by atoms with van der Waals surface area (Å²) in [6.45, 7) is 6.65. The summed E-state index contributed by atoms with van der Waals surface area (Å²) in [5.74, 6) is -1.12. The number of hydrogen-bond donors (Lipinski definition) is 2. The smallest absolute Gasteiger partial charge is 0.410 e. The molecule has 0 aromatic heterocycles. The summed E-state index contributed by atoms with van der Waals surface area (Å²) < 4.78 is 86.8. The van der Waals surface area contributed by atoms with Crippen molar-refractivity contribution in [2.75, 3.05) is 11.5 Å². The number of amides is 2. The molecule has 4 atom stereocenters. The van der Waals surface area contributed by atoms with Crippen LogP contribution in [0.5, 0.6) is 11.5 Å². The second-order valence-electron chi connectivity index (χ2n) is 12.6. The van der Waals surface area contributed by atoms with Crippen molar-refractivity contribution in [3.05, 3.63) is 131 Å². The van der Waals surface area contributed by atoms with Crippen LogP contribution in [0, 0.1) is 34.3 Å². The van der Waals surface area contributed by atoms with Gasteiger partial charge >= 0.3 is 12.2 Å². The van der Waals surface area contributed by atoms with Crippen molar-refractivity contribution >= 4 is 31.9 Å². The number of nitriles is 2. The minimum absolute atomic E-state index is 0.155. The monoisotopic (exact) mass is 808 g/mol. The molecule has 4 rings (SSSR count). The van der Waals surface area contributed by atoms with Gasteiger partial charge in [0, 0.05) is 12.1 Å². The maximum Gasteiger partial charge on any atom is 0.412 e. The molecule has 296 valence electrons. The zero-order chi connectivity index (χ0) is 41.5. The molecule has 4 aromatic carbocycles. The third-order valence-electron chi connectivity index (χ3n) is 8.64. The Hall–Kier alpha value is -5.84. The number of benzene rings is 4. The molecule has 0 saturated carbocycles. The molecule has 0 spiro atoms. The highest BCUT2D eigenvalue weighted by Gasteiger charge is 2.28. The number of nitrogens with zero attached hydrogens (tertiary/aromatic N) is 2. The van der Waals surface area contributed by atoms with E-state index >= 15 is 0 Å². The van der Waals surface area contributed by atoms with Gasteiger partial charge < -0.3 is 20.1 Å². The van der Waals surface area contributed by atoms with Crippen LogP contribution in [0.4, 0.5) is 18.4 Å². The highest BCUT2D eigenvalue weighted by Crippen LogP contribution is 2.25. The van der Waals surface area contributed by atoms with Gasteiger partial charge in [0.15, 0.2) is 19.7 Å². The highest BCUT2D eigenvalue weighted by atomic mass is 32.2. The molecule has 56 heavy (non-hydrogen) atoms. The molecule has 0 saturated heterocycles. The first-order chi connectivity index (χ1) is 26.5. The number of hydrogen-bond acceptors (Lipinski definition) is 10. The van der Waals surface area contributed by atoms with E-state index in [9.17, 15) is 35.2 Å². The number of ether oxygens (including phenoxy) is 2. The lowest BCUT2D eigenvalue weighted by atomic mass is 10.1. The fourth-order valence-corrected chi connectivity index (χ4v) is 8.54. The first-order valence-electron chi connectivity index (χ1n) is 17.4. The quantitative estimate of drug-likeness (QED) is 0.129. The maximum absolute atomic E-state index is 12.9. The predicted octanol–water partition coefficient (Wildman–Crippen LogP) is 7.48. The molecule has 0 aliphatic carbocycles. The van der Waals surface area contributed by atoms with Crippen molar-refractivity contribution < 1.29 is 44.7 Å². The second kappa shape index (κ2) is 20.7. The van der Waals surface area contributed by atoms with Gasteiger partial charge in [-0.3, -0.25) is 0 Å². The molecule has 2 N–H and O–H groups in total. The summed E-state index contributed by atoms with van der Waals surface area (Å²) in [6.07, 6.45) is -0.838. The lowest BCUT2D eigenvalue weighted by Crippen LogP contribution is -2.41. The van der Waals surface area contributed by atoms with Crippen molar-refractivity contribution in [1.82, 2.24) is 10.6 Å². The van der Waals surface area contributed by atoms with Crippen LogP contribution in [0.25, 0.3) is 0 Å². The van der Waals surface area contributed by atoms with Gasteiger partial charge in [-0.05, 0) is 111 Å². The highest BCUT2D eigenvalue weighted by molar-refractivity contribution is 7.91. The fourth-order valence-electron chi connectivity index (χ4n) is 5.06. The fraction of sp³-hybridized carbons (Fsp3) is 0.300. The normalized spacial score (nSPS) is 13.2. The Labute approximate surface area is 325 Å². The summed E-state index contributed by atoms with van der Waals surface area (Å²) in [5.41, 5.74) is 2.04. The van der Waals surface area contributed by atoms with Gasteiger partial charge in [0.2, 0.25) is 0 Å². The van der Waals surface area contributed by atoms with Crippen LogP contribution >= 0.6 is 0 Å². The zero-order valence-corrected chi connectivity index (χ0v) is 32.7. The molecular weight excluding hydrogens is 767 g/mol. The van der Waals surface area contributed by atoms with Crippen molar-refractivity contribution in [2.24, 2.45) is 0 Å². The van der Waals surface area contributed by atoms with Gasteiger partial charge in [0.1, 0.15) is 23.1 Å². The number of sulfone groups is 2. The molecule has 2 amide bonds. The van der Waals surface area contributed by atoms with Crippen LogP contribution < -0.4 is 20.1 Å². The summed E-state index contributed by atoms with van der Waals surface area (Å²) in [6, 6.07) is 25.2. The van der Waals surface area contributed by atoms with Crippen molar-refractivity contribution in [2.45, 2.75) is 63.1 Å². The van der Waals surface area contributed by atoms with Gasteiger partial charge in [-0.25, -0.2) is 35.2 Å². The van der Waals surface area contributed by atoms with E-state index in [2.05, 4.69) is 10.6 Å².